The van der Waals surface area contributed by atoms with Crippen molar-refractivity contribution < 1.29 is 4.74 Å². The first-order chi connectivity index (χ1) is 8.19. The van der Waals surface area contributed by atoms with Gasteiger partial charge in [-0.25, -0.2) is 0 Å². The number of ether oxygens (including phenoxy) is 1. The van der Waals surface area contributed by atoms with Crippen LogP contribution in [0.3, 0.4) is 0 Å². The van der Waals surface area contributed by atoms with Gasteiger partial charge in [-0.15, -0.1) is 0 Å². The highest BCUT2D eigenvalue weighted by atomic mass is 16.5. The molecule has 1 aromatic carbocycles. The molecule has 0 unspecified atom stereocenters. The molecule has 0 bridgehead atoms. The van der Waals surface area contributed by atoms with Crippen molar-refractivity contribution in [1.29, 1.82) is 0 Å². The van der Waals surface area contributed by atoms with Crippen molar-refractivity contribution in [2.75, 3.05) is 20.2 Å². The fourth-order valence-electron chi connectivity index (χ4n) is 1.82. The Bertz CT molecular complexity index is 334. The summed E-state index contributed by atoms with van der Waals surface area (Å²) in [6.07, 6.45) is 2.13. The molecular formula is C15H25NO. The fraction of sp³-hybridized carbons (Fsp3) is 0.600. The predicted octanol–water partition coefficient (Wildman–Crippen LogP) is 3.36. The standard InChI is InChI=1S/C15H25NO/c1-5-10-17-15-7-6-13(8-9-16-4)11-14(15)12(2)3/h6-7,11-12,16H,5,8-10H2,1-4H3. The summed E-state index contributed by atoms with van der Waals surface area (Å²) >= 11 is 0. The maximum absolute atomic E-state index is 5.79. The highest BCUT2D eigenvalue weighted by Crippen LogP contribution is 2.27. The van der Waals surface area contributed by atoms with E-state index >= 15 is 0 Å². The molecule has 0 aliphatic heterocycles. The van der Waals surface area contributed by atoms with Gasteiger partial charge in [0.15, 0.2) is 0 Å². The molecular weight excluding hydrogens is 210 g/mol. The maximum atomic E-state index is 5.79. The van der Waals surface area contributed by atoms with E-state index in [2.05, 4.69) is 44.3 Å². The fourth-order valence-corrected chi connectivity index (χ4v) is 1.82. The lowest BCUT2D eigenvalue weighted by Gasteiger charge is -2.15. The van der Waals surface area contributed by atoms with E-state index in [9.17, 15) is 0 Å². The molecule has 1 N–H and O–H groups in total. The van der Waals surface area contributed by atoms with Crippen molar-refractivity contribution in [1.82, 2.24) is 5.32 Å². The van der Waals surface area contributed by atoms with Crippen LogP contribution in [-0.4, -0.2) is 20.2 Å². The normalized spacial score (nSPS) is 10.9. The molecule has 0 radical (unpaired) electrons. The Morgan fingerprint density at radius 1 is 1.29 bits per heavy atom. The van der Waals surface area contributed by atoms with Crippen LogP contribution in [0, 0.1) is 0 Å². The van der Waals surface area contributed by atoms with Crippen LogP contribution in [0.1, 0.15) is 44.2 Å². The summed E-state index contributed by atoms with van der Waals surface area (Å²) < 4.78 is 5.79. The minimum Gasteiger partial charge on any atom is -0.493 e. The van der Waals surface area contributed by atoms with E-state index in [0.717, 1.165) is 31.7 Å². The molecule has 0 amide bonds. The molecule has 1 rings (SSSR count). The third kappa shape index (κ3) is 4.39. The summed E-state index contributed by atoms with van der Waals surface area (Å²) in [5.41, 5.74) is 2.71. The Balaban J connectivity index is 2.83. The number of benzene rings is 1. The molecule has 0 saturated carbocycles. The number of nitrogens with one attached hydrogen (secondary N) is 1. The third-order valence-electron chi connectivity index (χ3n) is 2.82. The van der Waals surface area contributed by atoms with Gasteiger partial charge in [-0.3, -0.25) is 0 Å². The molecule has 0 aliphatic rings. The van der Waals surface area contributed by atoms with E-state index in [1.165, 1.54) is 11.1 Å². The van der Waals surface area contributed by atoms with Crippen molar-refractivity contribution >= 4 is 0 Å². The number of hydrogen-bond donors (Lipinski definition) is 1. The molecule has 0 atom stereocenters. The zero-order chi connectivity index (χ0) is 12.7. The molecule has 0 spiro atoms. The second-order valence-corrected chi connectivity index (χ2v) is 4.73. The van der Waals surface area contributed by atoms with E-state index in [-0.39, 0.29) is 0 Å². The Kier molecular flexibility index (Phi) is 6.06. The van der Waals surface area contributed by atoms with Gasteiger partial charge >= 0.3 is 0 Å². The van der Waals surface area contributed by atoms with Crippen molar-refractivity contribution in [2.45, 2.75) is 39.5 Å². The summed E-state index contributed by atoms with van der Waals surface area (Å²) in [7, 11) is 1.99. The third-order valence-corrected chi connectivity index (χ3v) is 2.82. The summed E-state index contributed by atoms with van der Waals surface area (Å²) in [5, 5.41) is 3.18. The van der Waals surface area contributed by atoms with Crippen molar-refractivity contribution in [3.63, 3.8) is 0 Å². The van der Waals surface area contributed by atoms with E-state index in [0.29, 0.717) is 5.92 Å². The second kappa shape index (κ2) is 7.33. The molecule has 0 heterocycles. The first-order valence-electron chi connectivity index (χ1n) is 6.59. The zero-order valence-corrected chi connectivity index (χ0v) is 11.5. The van der Waals surface area contributed by atoms with E-state index < -0.39 is 0 Å². The van der Waals surface area contributed by atoms with Gasteiger partial charge in [-0.1, -0.05) is 32.9 Å². The van der Waals surface area contributed by atoms with Crippen LogP contribution in [0.5, 0.6) is 5.75 Å². The quantitative estimate of drug-likeness (QED) is 0.782. The first-order valence-corrected chi connectivity index (χ1v) is 6.59. The van der Waals surface area contributed by atoms with Crippen molar-refractivity contribution in [2.24, 2.45) is 0 Å². The largest absolute Gasteiger partial charge is 0.493 e. The lowest BCUT2D eigenvalue weighted by molar-refractivity contribution is 0.313. The Labute approximate surface area is 105 Å². The minimum absolute atomic E-state index is 0.511. The molecule has 0 fully saturated rings. The van der Waals surface area contributed by atoms with Gasteiger partial charge in [0.1, 0.15) is 5.75 Å². The highest BCUT2D eigenvalue weighted by Gasteiger charge is 2.08. The first kappa shape index (κ1) is 14.0. The van der Waals surface area contributed by atoms with Crippen LogP contribution < -0.4 is 10.1 Å². The second-order valence-electron chi connectivity index (χ2n) is 4.73. The Morgan fingerprint density at radius 3 is 2.65 bits per heavy atom. The van der Waals surface area contributed by atoms with Crippen LogP contribution in [0.2, 0.25) is 0 Å². The lowest BCUT2D eigenvalue weighted by atomic mass is 9.98. The Hall–Kier alpha value is -1.02. The summed E-state index contributed by atoms with van der Waals surface area (Å²) in [6.45, 7) is 8.39. The average Bonchev–Trinajstić information content (AvgIpc) is 2.34. The smallest absolute Gasteiger partial charge is 0.122 e. The van der Waals surface area contributed by atoms with E-state index in [4.69, 9.17) is 4.74 Å². The van der Waals surface area contributed by atoms with Crippen LogP contribution in [0.25, 0.3) is 0 Å². The topological polar surface area (TPSA) is 21.3 Å². The lowest BCUT2D eigenvalue weighted by Crippen LogP contribution is -2.10. The highest BCUT2D eigenvalue weighted by molar-refractivity contribution is 5.39. The van der Waals surface area contributed by atoms with Gasteiger partial charge in [0.25, 0.3) is 0 Å². The molecule has 2 nitrogen and oxygen atoms in total. The van der Waals surface area contributed by atoms with Crippen molar-refractivity contribution in [3.8, 4) is 5.75 Å². The van der Waals surface area contributed by atoms with Crippen LogP contribution >= 0.6 is 0 Å². The van der Waals surface area contributed by atoms with Gasteiger partial charge in [-0.2, -0.15) is 0 Å². The monoisotopic (exact) mass is 235 g/mol. The summed E-state index contributed by atoms with van der Waals surface area (Å²) in [6, 6.07) is 6.58. The van der Waals surface area contributed by atoms with Crippen LogP contribution in [0.15, 0.2) is 18.2 Å². The number of hydrogen-bond acceptors (Lipinski definition) is 2. The number of rotatable bonds is 7. The van der Waals surface area contributed by atoms with E-state index in [1.54, 1.807) is 0 Å². The minimum atomic E-state index is 0.511. The summed E-state index contributed by atoms with van der Waals surface area (Å²) in [5.74, 6) is 1.56. The SMILES string of the molecule is CCCOc1ccc(CCNC)cc1C(C)C. The molecule has 2 heteroatoms. The van der Waals surface area contributed by atoms with Gasteiger partial charge in [0.2, 0.25) is 0 Å². The molecule has 0 saturated heterocycles. The van der Waals surface area contributed by atoms with Crippen LogP contribution in [-0.2, 0) is 6.42 Å². The maximum Gasteiger partial charge on any atom is 0.122 e. The average molecular weight is 235 g/mol. The summed E-state index contributed by atoms with van der Waals surface area (Å²) in [4.78, 5) is 0. The predicted molar refractivity (Wildman–Crippen MR) is 73.9 cm³/mol. The van der Waals surface area contributed by atoms with E-state index in [1.807, 2.05) is 7.05 Å². The van der Waals surface area contributed by atoms with Gasteiger partial charge in [0, 0.05) is 0 Å². The molecule has 17 heavy (non-hydrogen) atoms. The number of likely N-dealkylation sites (N-methyl/N-ethyl adjacent to an activating group) is 1. The molecule has 1 aromatic rings. The molecule has 96 valence electrons. The molecule has 0 aliphatic carbocycles. The van der Waals surface area contributed by atoms with Gasteiger partial charge < -0.3 is 10.1 Å². The Morgan fingerprint density at radius 2 is 2.06 bits per heavy atom. The van der Waals surface area contributed by atoms with Crippen LogP contribution in [0.4, 0.5) is 0 Å². The van der Waals surface area contributed by atoms with Gasteiger partial charge in [0.05, 0.1) is 6.61 Å². The van der Waals surface area contributed by atoms with Gasteiger partial charge in [-0.05, 0) is 49.5 Å². The molecule has 0 aromatic heterocycles. The zero-order valence-electron chi connectivity index (χ0n) is 11.5. The van der Waals surface area contributed by atoms with Crippen molar-refractivity contribution in [3.05, 3.63) is 29.3 Å².